The van der Waals surface area contributed by atoms with Crippen molar-refractivity contribution in [3.8, 4) is 0 Å². The first kappa shape index (κ1) is 19.9. The highest BCUT2D eigenvalue weighted by Gasteiger charge is 2.24. The number of anilines is 1. The number of rotatable bonds is 10. The highest BCUT2D eigenvalue weighted by atomic mass is 16.4. The van der Waals surface area contributed by atoms with E-state index in [1.165, 1.54) is 22.4 Å². The number of carboxylic acids is 2. The Bertz CT molecular complexity index is 809. The number of carbonyl (C=O) groups is 2. The predicted octanol–water partition coefficient (Wildman–Crippen LogP) is 2.90. The molecule has 0 aliphatic carbocycles. The average molecular weight is 382 g/mol. The summed E-state index contributed by atoms with van der Waals surface area (Å²) < 4.78 is 0. The van der Waals surface area contributed by atoms with Gasteiger partial charge in [0.1, 0.15) is 0 Å². The summed E-state index contributed by atoms with van der Waals surface area (Å²) in [5, 5.41) is 21.0. The molecule has 2 aromatic rings. The van der Waals surface area contributed by atoms with E-state index >= 15 is 0 Å². The molecule has 1 aliphatic heterocycles. The van der Waals surface area contributed by atoms with E-state index in [4.69, 9.17) is 10.2 Å². The van der Waals surface area contributed by atoms with Crippen molar-refractivity contribution in [3.63, 3.8) is 0 Å². The van der Waals surface area contributed by atoms with Gasteiger partial charge in [-0.25, -0.2) is 0 Å². The molecular weight excluding hydrogens is 356 g/mol. The van der Waals surface area contributed by atoms with Gasteiger partial charge in [0, 0.05) is 25.3 Å². The van der Waals surface area contributed by atoms with Gasteiger partial charge < -0.3 is 20.4 Å². The summed E-state index contributed by atoms with van der Waals surface area (Å²) in [6.07, 6.45) is 1.68. The zero-order chi connectivity index (χ0) is 19.9. The van der Waals surface area contributed by atoms with Crippen molar-refractivity contribution < 1.29 is 19.8 Å². The van der Waals surface area contributed by atoms with E-state index in [1.807, 2.05) is 6.07 Å². The number of nitrogens with one attached hydrogen (secondary N) is 1. The maximum atomic E-state index is 10.9. The van der Waals surface area contributed by atoms with Crippen LogP contribution in [0.3, 0.4) is 0 Å². The maximum absolute atomic E-state index is 10.9. The monoisotopic (exact) mass is 382 g/mol. The summed E-state index contributed by atoms with van der Waals surface area (Å²) in [5.74, 6) is -3.87. The molecule has 3 rings (SSSR count). The van der Waals surface area contributed by atoms with Crippen LogP contribution < -0.4 is 10.2 Å². The molecule has 0 saturated heterocycles. The standard InChI is InChI=1S/C22H26N2O4/c25-21(26)19(22(27)28)7-4-11-23-14-17-8-9-20-18(13-17)10-12-24(20)15-16-5-2-1-3-6-16/h1-3,5-6,8-9,13,19,23H,4,7,10-12,14-15H2,(H,25,26)(H,27,28). The van der Waals surface area contributed by atoms with Crippen LogP contribution in [-0.4, -0.2) is 35.2 Å². The Morgan fingerprint density at radius 2 is 1.79 bits per heavy atom. The lowest BCUT2D eigenvalue weighted by Crippen LogP contribution is -2.25. The van der Waals surface area contributed by atoms with Gasteiger partial charge in [-0.1, -0.05) is 42.5 Å². The largest absolute Gasteiger partial charge is 0.481 e. The molecule has 0 bridgehead atoms. The van der Waals surface area contributed by atoms with Crippen molar-refractivity contribution in [3.05, 3.63) is 65.2 Å². The van der Waals surface area contributed by atoms with Gasteiger partial charge in [-0.05, 0) is 48.6 Å². The van der Waals surface area contributed by atoms with Crippen LogP contribution in [-0.2, 0) is 29.1 Å². The predicted molar refractivity (Wildman–Crippen MR) is 107 cm³/mol. The minimum atomic E-state index is -1.32. The van der Waals surface area contributed by atoms with E-state index in [0.29, 0.717) is 19.5 Å². The first-order chi connectivity index (χ1) is 13.5. The summed E-state index contributed by atoms with van der Waals surface area (Å²) >= 11 is 0. The third kappa shape index (κ3) is 5.10. The zero-order valence-corrected chi connectivity index (χ0v) is 15.8. The van der Waals surface area contributed by atoms with E-state index in [2.05, 4.69) is 52.7 Å². The lowest BCUT2D eigenvalue weighted by Gasteiger charge is -2.19. The molecule has 2 aromatic carbocycles. The van der Waals surface area contributed by atoms with Crippen molar-refractivity contribution in [2.75, 3.05) is 18.0 Å². The van der Waals surface area contributed by atoms with Gasteiger partial charge >= 0.3 is 11.9 Å². The Labute approximate surface area is 164 Å². The van der Waals surface area contributed by atoms with Crippen LogP contribution in [0.2, 0.25) is 0 Å². The van der Waals surface area contributed by atoms with Gasteiger partial charge in [-0.15, -0.1) is 0 Å². The molecule has 0 spiro atoms. The van der Waals surface area contributed by atoms with Crippen LogP contribution in [0.5, 0.6) is 0 Å². The third-order valence-electron chi connectivity index (χ3n) is 5.12. The van der Waals surface area contributed by atoms with Gasteiger partial charge in [-0.3, -0.25) is 9.59 Å². The molecule has 6 heteroatoms. The number of hydrogen-bond acceptors (Lipinski definition) is 4. The summed E-state index contributed by atoms with van der Waals surface area (Å²) in [5.41, 5.74) is 5.14. The number of aliphatic carboxylic acids is 2. The van der Waals surface area contributed by atoms with Crippen LogP contribution in [0.25, 0.3) is 0 Å². The smallest absolute Gasteiger partial charge is 0.317 e. The molecule has 0 amide bonds. The van der Waals surface area contributed by atoms with Crippen molar-refractivity contribution in [1.29, 1.82) is 0 Å². The van der Waals surface area contributed by atoms with Crippen LogP contribution in [0, 0.1) is 5.92 Å². The molecule has 0 radical (unpaired) electrons. The van der Waals surface area contributed by atoms with Gasteiger partial charge in [0.25, 0.3) is 0 Å². The Morgan fingerprint density at radius 1 is 1.04 bits per heavy atom. The summed E-state index contributed by atoms with van der Waals surface area (Å²) in [7, 11) is 0. The summed E-state index contributed by atoms with van der Waals surface area (Å²) in [4.78, 5) is 24.1. The van der Waals surface area contributed by atoms with E-state index in [1.54, 1.807) is 0 Å². The maximum Gasteiger partial charge on any atom is 0.317 e. The lowest BCUT2D eigenvalue weighted by molar-refractivity contribution is -0.154. The van der Waals surface area contributed by atoms with E-state index in [0.717, 1.165) is 19.5 Å². The molecular formula is C22H26N2O4. The second-order valence-electron chi connectivity index (χ2n) is 7.17. The molecule has 28 heavy (non-hydrogen) atoms. The molecule has 1 heterocycles. The quantitative estimate of drug-likeness (QED) is 0.432. The van der Waals surface area contributed by atoms with Crippen LogP contribution >= 0.6 is 0 Å². The number of benzene rings is 2. The normalized spacial score (nSPS) is 13.0. The number of fused-ring (bicyclic) bond motifs is 1. The van der Waals surface area contributed by atoms with E-state index in [-0.39, 0.29) is 6.42 Å². The fraction of sp³-hybridized carbons (Fsp3) is 0.364. The Morgan fingerprint density at radius 3 is 2.50 bits per heavy atom. The number of hydrogen-bond donors (Lipinski definition) is 3. The van der Waals surface area contributed by atoms with Crippen molar-refractivity contribution in [2.24, 2.45) is 5.92 Å². The minimum Gasteiger partial charge on any atom is -0.481 e. The average Bonchev–Trinajstić information content (AvgIpc) is 3.07. The Balaban J connectivity index is 1.47. The van der Waals surface area contributed by atoms with Gasteiger partial charge in [-0.2, -0.15) is 0 Å². The van der Waals surface area contributed by atoms with Gasteiger partial charge in [0.15, 0.2) is 5.92 Å². The second kappa shape index (κ2) is 9.37. The Hall–Kier alpha value is -2.86. The summed E-state index contributed by atoms with van der Waals surface area (Å²) in [6.45, 7) is 3.22. The number of nitrogens with zero attached hydrogens (tertiary/aromatic N) is 1. The fourth-order valence-corrected chi connectivity index (χ4v) is 3.62. The highest BCUT2D eigenvalue weighted by molar-refractivity contribution is 5.92. The SMILES string of the molecule is O=C(O)C(CCCNCc1ccc2c(c1)CCN2Cc1ccccc1)C(=O)O. The van der Waals surface area contributed by atoms with E-state index in [9.17, 15) is 9.59 Å². The molecule has 0 unspecified atom stereocenters. The minimum absolute atomic E-state index is 0.135. The van der Waals surface area contributed by atoms with Crippen LogP contribution in [0.15, 0.2) is 48.5 Å². The highest BCUT2D eigenvalue weighted by Crippen LogP contribution is 2.30. The lowest BCUT2D eigenvalue weighted by atomic mass is 10.0. The number of carboxylic acid groups (broad SMARTS) is 2. The fourth-order valence-electron chi connectivity index (χ4n) is 3.62. The van der Waals surface area contributed by atoms with Gasteiger partial charge in [0.05, 0.1) is 0 Å². The first-order valence-electron chi connectivity index (χ1n) is 9.61. The first-order valence-corrected chi connectivity index (χ1v) is 9.61. The van der Waals surface area contributed by atoms with Gasteiger partial charge in [0.2, 0.25) is 0 Å². The molecule has 0 saturated carbocycles. The van der Waals surface area contributed by atoms with Crippen molar-refractivity contribution in [1.82, 2.24) is 5.32 Å². The molecule has 0 atom stereocenters. The molecule has 0 fully saturated rings. The molecule has 1 aliphatic rings. The van der Waals surface area contributed by atoms with Crippen LogP contribution in [0.1, 0.15) is 29.5 Å². The summed E-state index contributed by atoms with van der Waals surface area (Å²) in [6, 6.07) is 17.0. The zero-order valence-electron chi connectivity index (χ0n) is 15.8. The Kier molecular flexibility index (Phi) is 6.66. The topological polar surface area (TPSA) is 89.9 Å². The second-order valence-corrected chi connectivity index (χ2v) is 7.17. The van der Waals surface area contributed by atoms with E-state index < -0.39 is 17.9 Å². The molecule has 6 nitrogen and oxygen atoms in total. The van der Waals surface area contributed by atoms with Crippen molar-refractivity contribution in [2.45, 2.75) is 32.4 Å². The molecule has 0 aromatic heterocycles. The third-order valence-corrected chi connectivity index (χ3v) is 5.12. The van der Waals surface area contributed by atoms with Crippen molar-refractivity contribution >= 4 is 17.6 Å². The molecule has 148 valence electrons. The van der Waals surface area contributed by atoms with Crippen LogP contribution in [0.4, 0.5) is 5.69 Å². The molecule has 3 N–H and O–H groups in total.